The van der Waals surface area contributed by atoms with Crippen molar-refractivity contribution in [3.63, 3.8) is 0 Å². The summed E-state index contributed by atoms with van der Waals surface area (Å²) in [5.41, 5.74) is 0. The van der Waals surface area contributed by atoms with Gasteiger partial charge in [-0.25, -0.2) is 0 Å². The minimum absolute atomic E-state index is 0. The normalized spacial score (nSPS) is 8.57. The van der Waals surface area contributed by atoms with Crippen LogP contribution in [0.25, 0.3) is 0 Å². The van der Waals surface area contributed by atoms with Crippen LogP contribution in [-0.4, -0.2) is 6.43 Å². The maximum atomic E-state index is 9.69. The van der Waals surface area contributed by atoms with Crippen molar-refractivity contribution in [2.45, 2.75) is 6.43 Å². The van der Waals surface area contributed by atoms with Gasteiger partial charge in [-0.05, 0) is 0 Å². The van der Waals surface area contributed by atoms with Crippen molar-refractivity contribution in [3.8, 4) is 0 Å². The third-order valence-corrected chi connectivity index (χ3v) is 0. The zero-order valence-electron chi connectivity index (χ0n) is 6.01. The fraction of sp³-hybridized carbons (Fsp3) is 1.00. The molecule has 0 saturated heterocycles. The Morgan fingerprint density at radius 3 is 0.857 bits per heavy atom. The van der Waals surface area contributed by atoms with Crippen molar-refractivity contribution in [1.29, 1.82) is 0 Å². The second kappa shape index (κ2) is 7.10. The third-order valence-electron chi connectivity index (χ3n) is 0. The molecule has 0 N–H and O–H groups in total. The fourth-order valence-electron chi connectivity index (χ4n) is 0. The molecule has 0 radical (unpaired) electrons. The molecule has 0 aliphatic carbocycles. The van der Waals surface area contributed by atoms with Crippen LogP contribution in [-0.2, 0) is 0 Å². The van der Waals surface area contributed by atoms with Gasteiger partial charge in [0.05, 0.1) is 0 Å². The van der Waals surface area contributed by atoms with Crippen molar-refractivity contribution >= 4 is 0 Å². The van der Waals surface area contributed by atoms with Crippen LogP contribution in [0.4, 0.5) is 17.6 Å². The predicted molar refractivity (Wildman–Crippen MR) is 9.39 cm³/mol. The Hall–Kier alpha value is 2.99. The van der Waals surface area contributed by atoms with Crippen LogP contribution in [0.1, 0.15) is 2.85 Å². The van der Waals surface area contributed by atoms with E-state index in [0.29, 0.717) is 0 Å². The maximum absolute atomic E-state index is 9.69. The molecule has 0 amide bonds. The van der Waals surface area contributed by atoms with Gasteiger partial charge < -0.3 is 2.85 Å². The van der Waals surface area contributed by atoms with Gasteiger partial charge in [0.15, 0.2) is 0 Å². The number of hydrogen-bond acceptors (Lipinski definition) is 0. The van der Waals surface area contributed by atoms with Crippen molar-refractivity contribution in [1.82, 2.24) is 0 Å². The van der Waals surface area contributed by atoms with E-state index in [1.807, 2.05) is 0 Å². The Morgan fingerprint density at radius 1 is 0.857 bits per heavy atom. The molecule has 0 rings (SSSR count). The van der Waals surface area contributed by atoms with Gasteiger partial charge in [-0.15, -0.1) is 17.6 Å². The molecule has 36 valence electrons. The largest absolute Gasteiger partial charge is 1.00 e. The summed E-state index contributed by atoms with van der Waals surface area (Å²) in [6.45, 7) is 0. The molecule has 0 aromatic carbocycles. The van der Waals surface area contributed by atoms with Crippen LogP contribution in [0, 0.1) is 0 Å². The number of hydrogen-bond donors (Lipinski definition) is 0. The van der Waals surface area contributed by atoms with Crippen LogP contribution in [0.5, 0.6) is 0 Å². The summed E-state index contributed by atoms with van der Waals surface area (Å²) in [4.78, 5) is 0. The average molecular weight is 168 g/mol. The second-order valence-corrected chi connectivity index (χ2v) is 0.429. The smallest absolute Gasteiger partial charge is 1.00 e. The van der Waals surface area contributed by atoms with E-state index in [9.17, 15) is 17.6 Å². The molecule has 6 heteroatoms. The Balaban J connectivity index is -0.0000000133. The standard InChI is InChI=1S/CF4.2K.2H/c2-1(3,4)5;;;;/q;2*+1;2*-1. The molecule has 7 heavy (non-hydrogen) atoms. The van der Waals surface area contributed by atoms with Gasteiger partial charge in [-0.2, -0.15) is 0 Å². The first-order valence-corrected chi connectivity index (χ1v) is 0.756. The van der Waals surface area contributed by atoms with Crippen molar-refractivity contribution in [3.05, 3.63) is 0 Å². The molecule has 0 saturated carbocycles. The molecule has 0 unspecified atom stereocenters. The summed E-state index contributed by atoms with van der Waals surface area (Å²) in [5.74, 6) is 0. The predicted octanol–water partition coefficient (Wildman–Crippen LogP) is -4.29. The third kappa shape index (κ3) is 49.1. The molecule has 0 aromatic rings. The van der Waals surface area contributed by atoms with E-state index in [1.54, 1.807) is 0 Å². The van der Waals surface area contributed by atoms with Gasteiger partial charge in [0.1, 0.15) is 0 Å². The van der Waals surface area contributed by atoms with Gasteiger partial charge in [0, 0.05) is 0 Å². The molecule has 0 atom stereocenters. The average Bonchev–Trinajstić information content (AvgIpc) is 0.722. The number of halogens is 4. The molecule has 0 nitrogen and oxygen atoms in total. The van der Waals surface area contributed by atoms with Crippen LogP contribution >= 0.6 is 0 Å². The van der Waals surface area contributed by atoms with Gasteiger partial charge in [-0.1, -0.05) is 0 Å². The van der Waals surface area contributed by atoms with E-state index in [0.717, 1.165) is 0 Å². The topological polar surface area (TPSA) is 0 Å². The quantitative estimate of drug-likeness (QED) is 0.254. The minimum Gasteiger partial charge on any atom is -1.00 e. The molecular formula is CH2F4K2. The molecule has 0 heterocycles. The van der Waals surface area contributed by atoms with Gasteiger partial charge >= 0.3 is 109 Å². The Bertz CT molecular complexity index is 32.0. The van der Waals surface area contributed by atoms with Gasteiger partial charge in [-0.3, -0.25) is 0 Å². The Morgan fingerprint density at radius 2 is 0.857 bits per heavy atom. The first-order chi connectivity index (χ1) is 2.00. The minimum atomic E-state index is -5.50. The van der Waals surface area contributed by atoms with Crippen LogP contribution in [0.3, 0.4) is 0 Å². The molecule has 0 aromatic heterocycles. The zero-order chi connectivity index (χ0) is 4.50. The zero-order valence-corrected chi connectivity index (χ0v) is 10.3. The van der Waals surface area contributed by atoms with E-state index < -0.39 is 6.43 Å². The molecular weight excluding hydrogens is 166 g/mol. The fourth-order valence-corrected chi connectivity index (χ4v) is 0. The van der Waals surface area contributed by atoms with E-state index in [-0.39, 0.29) is 106 Å². The summed E-state index contributed by atoms with van der Waals surface area (Å²) in [6.07, 6.45) is -5.50. The first kappa shape index (κ1) is 16.5. The molecule has 0 fully saturated rings. The summed E-state index contributed by atoms with van der Waals surface area (Å²) < 4.78 is 38.8. The Labute approximate surface area is 126 Å². The van der Waals surface area contributed by atoms with Crippen molar-refractivity contribution in [2.75, 3.05) is 0 Å². The number of alkyl halides is 4. The van der Waals surface area contributed by atoms with E-state index in [2.05, 4.69) is 0 Å². The molecule has 0 bridgehead atoms. The first-order valence-electron chi connectivity index (χ1n) is 0.756. The van der Waals surface area contributed by atoms with Crippen LogP contribution in [0.15, 0.2) is 0 Å². The molecule has 0 spiro atoms. The second-order valence-electron chi connectivity index (χ2n) is 0.429. The van der Waals surface area contributed by atoms with E-state index >= 15 is 0 Å². The maximum Gasteiger partial charge on any atom is 1.00 e. The summed E-state index contributed by atoms with van der Waals surface area (Å²) >= 11 is 0. The molecule has 0 aliphatic heterocycles. The van der Waals surface area contributed by atoms with E-state index in [4.69, 9.17) is 0 Å². The summed E-state index contributed by atoms with van der Waals surface area (Å²) in [6, 6.07) is 0. The van der Waals surface area contributed by atoms with Gasteiger partial charge in [0.25, 0.3) is 0 Å². The van der Waals surface area contributed by atoms with Crippen LogP contribution < -0.4 is 103 Å². The van der Waals surface area contributed by atoms with Crippen molar-refractivity contribution in [2.24, 2.45) is 0 Å². The number of rotatable bonds is 0. The SMILES string of the molecule is FC(F)(F)F.[H-].[H-].[K+].[K+]. The van der Waals surface area contributed by atoms with E-state index in [1.165, 1.54) is 0 Å². The Kier molecular flexibility index (Phi) is 16.8. The summed E-state index contributed by atoms with van der Waals surface area (Å²) in [5, 5.41) is 0. The van der Waals surface area contributed by atoms with Crippen molar-refractivity contribution < 1.29 is 123 Å². The van der Waals surface area contributed by atoms with Crippen LogP contribution in [0.2, 0.25) is 0 Å². The monoisotopic (exact) mass is 168 g/mol. The molecule has 0 aliphatic rings. The van der Waals surface area contributed by atoms with Gasteiger partial charge in [0.2, 0.25) is 0 Å². The summed E-state index contributed by atoms with van der Waals surface area (Å²) in [7, 11) is 0.